The average molecular weight is 350 g/mol. The molecule has 124 valence electrons. The molecular formula is C10H8F6N2O3S. The molecule has 0 aliphatic carbocycles. The van der Waals surface area contributed by atoms with Crippen molar-refractivity contribution < 1.29 is 39.6 Å². The van der Waals surface area contributed by atoms with E-state index in [-0.39, 0.29) is 0 Å². The van der Waals surface area contributed by atoms with Crippen LogP contribution in [0.2, 0.25) is 0 Å². The van der Waals surface area contributed by atoms with Gasteiger partial charge in [0, 0.05) is 5.69 Å². The molecule has 0 bridgehead atoms. The molecule has 0 atom stereocenters. The second-order valence-electron chi connectivity index (χ2n) is 4.07. The van der Waals surface area contributed by atoms with Gasteiger partial charge in [-0.3, -0.25) is 4.79 Å². The molecule has 1 aromatic carbocycles. The van der Waals surface area contributed by atoms with Gasteiger partial charge >= 0.3 is 12.4 Å². The number of primary sulfonamides is 1. The van der Waals surface area contributed by atoms with E-state index in [1.165, 1.54) is 5.32 Å². The smallest absolute Gasteiger partial charge is 0.325 e. The summed E-state index contributed by atoms with van der Waals surface area (Å²) in [5.74, 6) is -6.53. The Morgan fingerprint density at radius 3 is 1.73 bits per heavy atom. The zero-order valence-electron chi connectivity index (χ0n) is 10.4. The molecule has 0 unspecified atom stereocenters. The van der Waals surface area contributed by atoms with Gasteiger partial charge in [0.1, 0.15) is 0 Å². The van der Waals surface area contributed by atoms with E-state index in [1.807, 2.05) is 0 Å². The minimum Gasteiger partial charge on any atom is -0.325 e. The quantitative estimate of drug-likeness (QED) is 0.818. The molecule has 1 rings (SSSR count). The number of nitrogens with one attached hydrogen (secondary N) is 1. The van der Waals surface area contributed by atoms with Gasteiger partial charge in [0.15, 0.2) is 0 Å². The topological polar surface area (TPSA) is 89.3 Å². The first-order chi connectivity index (χ1) is 9.73. The number of hydrogen-bond acceptors (Lipinski definition) is 3. The molecule has 0 aliphatic rings. The van der Waals surface area contributed by atoms with E-state index in [0.29, 0.717) is 0 Å². The summed E-state index contributed by atoms with van der Waals surface area (Å²) >= 11 is 0. The molecule has 12 heteroatoms. The van der Waals surface area contributed by atoms with E-state index in [4.69, 9.17) is 5.14 Å². The van der Waals surface area contributed by atoms with Crippen molar-refractivity contribution in [2.45, 2.75) is 17.2 Å². The predicted molar refractivity (Wildman–Crippen MR) is 62.0 cm³/mol. The third kappa shape index (κ3) is 4.59. The maximum absolute atomic E-state index is 12.3. The Labute approximate surface area is 120 Å². The summed E-state index contributed by atoms with van der Waals surface area (Å²) in [5.41, 5.74) is -0.448. The summed E-state index contributed by atoms with van der Waals surface area (Å²) < 4.78 is 95.7. The van der Waals surface area contributed by atoms with Crippen molar-refractivity contribution in [3.05, 3.63) is 24.3 Å². The average Bonchev–Trinajstić information content (AvgIpc) is 2.23. The summed E-state index contributed by atoms with van der Waals surface area (Å²) in [7, 11) is -4.08. The van der Waals surface area contributed by atoms with Crippen molar-refractivity contribution in [1.82, 2.24) is 0 Å². The van der Waals surface area contributed by atoms with Gasteiger partial charge in [-0.2, -0.15) is 26.3 Å². The fraction of sp³-hybridized carbons (Fsp3) is 0.300. The molecule has 0 heterocycles. The summed E-state index contributed by atoms with van der Waals surface area (Å²) in [5, 5.41) is 6.18. The van der Waals surface area contributed by atoms with Crippen LogP contribution < -0.4 is 10.5 Å². The number of benzene rings is 1. The fourth-order valence-corrected chi connectivity index (χ4v) is 1.94. The Balaban J connectivity index is 3.01. The van der Waals surface area contributed by atoms with Crippen LogP contribution >= 0.6 is 0 Å². The summed E-state index contributed by atoms with van der Waals surface area (Å²) in [6, 6.07) is 3.26. The highest BCUT2D eigenvalue weighted by molar-refractivity contribution is 7.89. The van der Waals surface area contributed by atoms with Crippen LogP contribution in [0.5, 0.6) is 0 Å². The zero-order chi connectivity index (χ0) is 17.3. The minimum absolute atomic E-state index is 0.423. The normalized spacial score (nSPS) is 13.3. The van der Waals surface area contributed by atoms with E-state index in [9.17, 15) is 39.6 Å². The summed E-state index contributed by atoms with van der Waals surface area (Å²) in [4.78, 5) is 10.8. The lowest BCUT2D eigenvalue weighted by molar-refractivity contribution is -0.272. The number of alkyl halides is 6. The Morgan fingerprint density at radius 1 is 1.00 bits per heavy atom. The number of sulfonamides is 1. The van der Waals surface area contributed by atoms with Crippen LogP contribution in [0.15, 0.2) is 29.2 Å². The second-order valence-corrected chi connectivity index (χ2v) is 5.64. The van der Waals surface area contributed by atoms with Gasteiger partial charge in [-0.15, -0.1) is 0 Å². The third-order valence-electron chi connectivity index (χ3n) is 2.37. The van der Waals surface area contributed by atoms with E-state index in [0.717, 1.165) is 24.3 Å². The van der Waals surface area contributed by atoms with Gasteiger partial charge in [0.2, 0.25) is 21.8 Å². The largest absolute Gasteiger partial charge is 0.409 e. The van der Waals surface area contributed by atoms with Gasteiger partial charge in [0.05, 0.1) is 4.90 Å². The number of hydrogen-bond donors (Lipinski definition) is 2. The van der Waals surface area contributed by atoms with E-state index in [2.05, 4.69) is 0 Å². The summed E-state index contributed by atoms with van der Waals surface area (Å²) in [6.45, 7) is 0. The van der Waals surface area contributed by atoms with Crippen LogP contribution in [0.4, 0.5) is 32.0 Å². The molecule has 5 nitrogen and oxygen atoms in total. The van der Waals surface area contributed by atoms with Crippen molar-refractivity contribution >= 4 is 21.6 Å². The lowest BCUT2D eigenvalue weighted by Gasteiger charge is -2.22. The molecule has 1 aromatic rings. The summed E-state index contributed by atoms with van der Waals surface area (Å²) in [6.07, 6.45) is -11.6. The monoisotopic (exact) mass is 350 g/mol. The minimum atomic E-state index is -5.82. The third-order valence-corrected chi connectivity index (χ3v) is 3.30. The zero-order valence-corrected chi connectivity index (χ0v) is 11.2. The first kappa shape index (κ1) is 18.2. The highest BCUT2D eigenvalue weighted by Crippen LogP contribution is 2.39. The first-order valence-electron chi connectivity index (χ1n) is 5.30. The van der Waals surface area contributed by atoms with Crippen LogP contribution in [-0.2, 0) is 14.8 Å². The highest BCUT2D eigenvalue weighted by Gasteiger charge is 2.61. The number of carbonyl (C=O) groups excluding carboxylic acids is 1. The molecule has 0 fully saturated rings. The SMILES string of the molecule is NS(=O)(=O)c1ccc(NC(=O)C(C(F)(F)F)C(F)(F)F)cc1. The molecule has 1 amide bonds. The van der Waals surface area contributed by atoms with Gasteiger partial charge in [0.25, 0.3) is 0 Å². The van der Waals surface area contributed by atoms with Gasteiger partial charge < -0.3 is 5.32 Å². The maximum atomic E-state index is 12.3. The first-order valence-corrected chi connectivity index (χ1v) is 6.84. The molecule has 0 saturated carbocycles. The Kier molecular flexibility index (Phi) is 4.77. The Morgan fingerprint density at radius 2 is 1.41 bits per heavy atom. The number of rotatable bonds is 3. The Hall–Kier alpha value is -1.82. The molecular weight excluding hydrogens is 342 g/mol. The number of anilines is 1. The van der Waals surface area contributed by atoms with Crippen molar-refractivity contribution in [1.29, 1.82) is 0 Å². The van der Waals surface area contributed by atoms with Crippen LogP contribution in [-0.4, -0.2) is 26.7 Å². The van der Waals surface area contributed by atoms with Crippen molar-refractivity contribution in [3.8, 4) is 0 Å². The van der Waals surface area contributed by atoms with Crippen LogP contribution in [0.3, 0.4) is 0 Å². The van der Waals surface area contributed by atoms with Crippen molar-refractivity contribution in [2.75, 3.05) is 5.32 Å². The lowest BCUT2D eigenvalue weighted by Crippen LogP contribution is -2.45. The van der Waals surface area contributed by atoms with Crippen molar-refractivity contribution in [3.63, 3.8) is 0 Å². The highest BCUT2D eigenvalue weighted by atomic mass is 32.2. The predicted octanol–water partition coefficient (Wildman–Crippen LogP) is 2.01. The van der Waals surface area contributed by atoms with Crippen molar-refractivity contribution in [2.24, 2.45) is 11.1 Å². The molecule has 3 N–H and O–H groups in total. The molecule has 0 aliphatic heterocycles. The molecule has 0 saturated heterocycles. The van der Waals surface area contributed by atoms with Crippen LogP contribution in [0.1, 0.15) is 0 Å². The fourth-order valence-electron chi connectivity index (χ4n) is 1.43. The van der Waals surface area contributed by atoms with Crippen LogP contribution in [0, 0.1) is 5.92 Å². The van der Waals surface area contributed by atoms with Crippen LogP contribution in [0.25, 0.3) is 0 Å². The molecule has 22 heavy (non-hydrogen) atoms. The van der Waals surface area contributed by atoms with Gasteiger partial charge in [-0.1, -0.05) is 0 Å². The molecule has 0 aromatic heterocycles. The molecule has 0 spiro atoms. The van der Waals surface area contributed by atoms with E-state index in [1.54, 1.807) is 0 Å². The standard InChI is InChI=1S/C10H8F6N2O3S/c11-9(12,13)7(10(14,15)16)8(19)18-5-1-3-6(4-2-5)22(17,20)21/h1-4,7H,(H,18,19)(H2,17,20,21). The molecule has 0 radical (unpaired) electrons. The number of nitrogens with two attached hydrogens (primary N) is 1. The Bertz CT molecular complexity index is 637. The van der Waals surface area contributed by atoms with Gasteiger partial charge in [-0.25, -0.2) is 13.6 Å². The number of amides is 1. The van der Waals surface area contributed by atoms with E-state index >= 15 is 0 Å². The lowest BCUT2D eigenvalue weighted by atomic mass is 10.1. The number of halogens is 6. The maximum Gasteiger partial charge on any atom is 0.409 e. The number of carbonyl (C=O) groups is 1. The second kappa shape index (κ2) is 5.76. The van der Waals surface area contributed by atoms with E-state index < -0.39 is 44.8 Å². The van der Waals surface area contributed by atoms with Gasteiger partial charge in [-0.05, 0) is 24.3 Å².